The minimum Gasteiger partial charge on any atom is -0.506 e. The molecule has 3 fully saturated rings. The zero-order valence-electron chi connectivity index (χ0n) is 16.5. The van der Waals surface area contributed by atoms with Gasteiger partial charge < -0.3 is 19.2 Å². The molecule has 29 heavy (non-hydrogen) atoms. The summed E-state index contributed by atoms with van der Waals surface area (Å²) >= 11 is 1.50. The van der Waals surface area contributed by atoms with Crippen LogP contribution in [0.5, 0.6) is 5.75 Å². The fourth-order valence-electron chi connectivity index (χ4n) is 4.04. The van der Waals surface area contributed by atoms with E-state index in [9.17, 15) is 9.90 Å². The lowest BCUT2D eigenvalue weighted by molar-refractivity contribution is -0.0386. The predicted molar refractivity (Wildman–Crippen MR) is 109 cm³/mol. The van der Waals surface area contributed by atoms with Crippen LogP contribution in [-0.2, 0) is 4.74 Å². The number of benzene rings is 1. The number of thiazole rings is 1. The summed E-state index contributed by atoms with van der Waals surface area (Å²) in [5.41, 5.74) is 3.79. The molecule has 3 saturated heterocycles. The van der Waals surface area contributed by atoms with Crippen LogP contribution in [0.1, 0.15) is 27.2 Å². The van der Waals surface area contributed by atoms with E-state index < -0.39 is 5.60 Å². The molecule has 2 atom stereocenters. The lowest BCUT2D eigenvalue weighted by Gasteiger charge is -2.55. The molecule has 0 spiro atoms. The molecule has 1 amide bonds. The molecule has 3 aromatic rings. The van der Waals surface area contributed by atoms with E-state index in [1.807, 2.05) is 36.0 Å². The van der Waals surface area contributed by atoms with Crippen LogP contribution in [0.3, 0.4) is 0 Å². The summed E-state index contributed by atoms with van der Waals surface area (Å²) < 4.78 is 11.6. The number of piperidine rings is 1. The highest BCUT2D eigenvalue weighted by Gasteiger charge is 2.49. The zero-order chi connectivity index (χ0) is 20.3. The van der Waals surface area contributed by atoms with Gasteiger partial charge in [-0.05, 0) is 39.3 Å². The van der Waals surface area contributed by atoms with Gasteiger partial charge >= 0.3 is 6.09 Å². The number of ether oxygens (including phenoxy) is 1. The second-order valence-corrected chi connectivity index (χ2v) is 9.23. The van der Waals surface area contributed by atoms with Gasteiger partial charge in [-0.3, -0.25) is 4.90 Å². The van der Waals surface area contributed by atoms with Gasteiger partial charge in [-0.1, -0.05) is 0 Å². The SMILES string of the molecule is CC(C)(C)OC(=O)N1C2CC1CN(c1nc3c(O)ccc(-c4cscn4)c3o1)C2. The van der Waals surface area contributed by atoms with Crippen molar-refractivity contribution in [2.75, 3.05) is 18.0 Å². The Balaban J connectivity index is 1.40. The Morgan fingerprint density at radius 2 is 2.07 bits per heavy atom. The van der Waals surface area contributed by atoms with Crippen LogP contribution in [0.4, 0.5) is 10.8 Å². The van der Waals surface area contributed by atoms with Crippen LogP contribution < -0.4 is 4.90 Å². The summed E-state index contributed by atoms with van der Waals surface area (Å²) in [6.07, 6.45) is 0.685. The predicted octanol–water partition coefficient (Wildman–Crippen LogP) is 3.85. The molecule has 6 rings (SSSR count). The second-order valence-electron chi connectivity index (χ2n) is 8.52. The van der Waals surface area contributed by atoms with E-state index in [0.717, 1.165) is 17.7 Å². The van der Waals surface area contributed by atoms with E-state index >= 15 is 0 Å². The molecule has 2 bridgehead atoms. The second kappa shape index (κ2) is 6.35. The van der Waals surface area contributed by atoms with Crippen molar-refractivity contribution in [2.45, 2.75) is 44.9 Å². The smallest absolute Gasteiger partial charge is 0.410 e. The Morgan fingerprint density at radius 1 is 1.31 bits per heavy atom. The maximum absolute atomic E-state index is 12.5. The third-order valence-corrected chi connectivity index (χ3v) is 5.87. The van der Waals surface area contributed by atoms with E-state index in [-0.39, 0.29) is 23.9 Å². The summed E-state index contributed by atoms with van der Waals surface area (Å²) in [5, 5.41) is 12.2. The molecule has 0 aliphatic carbocycles. The van der Waals surface area contributed by atoms with E-state index in [0.29, 0.717) is 30.2 Å². The summed E-state index contributed by atoms with van der Waals surface area (Å²) in [6, 6.07) is 4.01. The van der Waals surface area contributed by atoms with Crippen LogP contribution in [-0.4, -0.2) is 56.8 Å². The molecule has 5 heterocycles. The number of anilines is 1. The summed E-state index contributed by atoms with van der Waals surface area (Å²) in [4.78, 5) is 25.2. The first-order valence-corrected chi connectivity index (χ1v) is 10.5. The number of aromatic hydroxyl groups is 1. The normalized spacial score (nSPS) is 21.3. The van der Waals surface area contributed by atoms with Gasteiger partial charge in [0.2, 0.25) is 0 Å². The van der Waals surface area contributed by atoms with Crippen molar-refractivity contribution < 1.29 is 19.1 Å². The first-order chi connectivity index (χ1) is 13.8. The largest absolute Gasteiger partial charge is 0.506 e. The highest BCUT2D eigenvalue weighted by molar-refractivity contribution is 7.07. The summed E-state index contributed by atoms with van der Waals surface area (Å²) in [5.74, 6) is 0.0755. The molecule has 1 aromatic carbocycles. The maximum Gasteiger partial charge on any atom is 0.410 e. The lowest BCUT2D eigenvalue weighted by atomic mass is 9.88. The summed E-state index contributed by atoms with van der Waals surface area (Å²) in [7, 11) is 0. The Kier molecular flexibility index (Phi) is 3.99. The molecule has 152 valence electrons. The molecule has 9 heteroatoms. The lowest BCUT2D eigenvalue weighted by Crippen LogP contribution is -2.70. The van der Waals surface area contributed by atoms with Crippen molar-refractivity contribution in [3.63, 3.8) is 0 Å². The quantitative estimate of drug-likeness (QED) is 0.681. The maximum atomic E-state index is 12.5. The number of phenols is 1. The molecule has 0 radical (unpaired) electrons. The number of piperazine rings is 1. The average Bonchev–Trinajstić information content (AvgIpc) is 3.31. The van der Waals surface area contributed by atoms with Crippen LogP contribution in [0.2, 0.25) is 0 Å². The Labute approximate surface area is 171 Å². The molecule has 3 aliphatic heterocycles. The number of hydrogen-bond acceptors (Lipinski definition) is 8. The highest BCUT2D eigenvalue weighted by atomic mass is 32.1. The van der Waals surface area contributed by atoms with Crippen molar-refractivity contribution in [1.82, 2.24) is 14.9 Å². The third kappa shape index (κ3) is 3.09. The van der Waals surface area contributed by atoms with Crippen LogP contribution in [0.15, 0.2) is 27.4 Å². The van der Waals surface area contributed by atoms with Crippen molar-refractivity contribution >= 4 is 34.5 Å². The number of carbonyl (C=O) groups excluding carboxylic acids is 1. The molecule has 1 N–H and O–H groups in total. The minimum atomic E-state index is -0.509. The van der Waals surface area contributed by atoms with Gasteiger partial charge in [-0.2, -0.15) is 4.98 Å². The van der Waals surface area contributed by atoms with Crippen molar-refractivity contribution in [3.8, 4) is 17.0 Å². The minimum absolute atomic E-state index is 0.0743. The number of nitrogens with zero attached hydrogens (tertiary/aromatic N) is 4. The van der Waals surface area contributed by atoms with Crippen LogP contribution in [0, 0.1) is 0 Å². The number of aromatic nitrogens is 2. The first kappa shape index (κ1) is 18.2. The third-order valence-electron chi connectivity index (χ3n) is 5.29. The van der Waals surface area contributed by atoms with Crippen LogP contribution in [0.25, 0.3) is 22.4 Å². The Bertz CT molecular complexity index is 1060. The fraction of sp³-hybridized carbons (Fsp3) is 0.450. The number of fused-ring (bicyclic) bond motifs is 3. The molecule has 0 saturated carbocycles. The van der Waals surface area contributed by atoms with E-state index in [2.05, 4.69) is 9.97 Å². The van der Waals surface area contributed by atoms with E-state index in [1.165, 1.54) is 11.3 Å². The number of carbonyl (C=O) groups is 1. The number of hydrogen-bond donors (Lipinski definition) is 1. The zero-order valence-corrected chi connectivity index (χ0v) is 17.3. The number of phenolic OH excluding ortho intramolecular Hbond substituents is 1. The highest BCUT2D eigenvalue weighted by Crippen LogP contribution is 2.39. The standard InChI is InChI=1S/C20H22N4O4S/c1-20(2,3)28-19(26)24-11-6-12(24)8-23(7-11)18-22-16-15(25)5-4-13(17(16)27-18)14-9-29-10-21-14/h4-5,9-12,25H,6-8H2,1-3H3. The van der Waals surface area contributed by atoms with Gasteiger partial charge in [-0.25, -0.2) is 9.78 Å². The Morgan fingerprint density at radius 3 is 2.72 bits per heavy atom. The van der Waals surface area contributed by atoms with Crippen molar-refractivity contribution in [1.29, 1.82) is 0 Å². The topological polar surface area (TPSA) is 91.9 Å². The van der Waals surface area contributed by atoms with E-state index in [4.69, 9.17) is 9.15 Å². The van der Waals surface area contributed by atoms with Gasteiger partial charge in [0.1, 0.15) is 11.4 Å². The average molecular weight is 414 g/mol. The number of oxazole rings is 1. The molecular formula is C20H22N4O4S. The van der Waals surface area contributed by atoms with Crippen molar-refractivity contribution in [3.05, 3.63) is 23.0 Å². The van der Waals surface area contributed by atoms with Gasteiger partial charge in [0.15, 0.2) is 11.1 Å². The number of amides is 1. The van der Waals surface area contributed by atoms with Gasteiger partial charge in [0.05, 0.1) is 23.3 Å². The van der Waals surface area contributed by atoms with Crippen molar-refractivity contribution in [2.24, 2.45) is 0 Å². The molecule has 2 unspecified atom stereocenters. The van der Waals surface area contributed by atoms with Gasteiger partial charge in [0.25, 0.3) is 6.01 Å². The molecular weight excluding hydrogens is 392 g/mol. The number of rotatable bonds is 2. The first-order valence-electron chi connectivity index (χ1n) is 9.57. The Hall–Kier alpha value is -2.81. The van der Waals surface area contributed by atoms with Gasteiger partial charge in [-0.15, -0.1) is 11.3 Å². The molecule has 3 aliphatic rings. The molecule has 8 nitrogen and oxygen atoms in total. The summed E-state index contributed by atoms with van der Waals surface area (Å²) in [6.45, 7) is 6.86. The van der Waals surface area contributed by atoms with E-state index in [1.54, 1.807) is 17.6 Å². The fourth-order valence-corrected chi connectivity index (χ4v) is 4.60. The van der Waals surface area contributed by atoms with Crippen LogP contribution >= 0.6 is 11.3 Å². The molecule has 2 aromatic heterocycles. The monoisotopic (exact) mass is 414 g/mol. The van der Waals surface area contributed by atoms with Gasteiger partial charge in [0, 0.05) is 24.0 Å².